The summed E-state index contributed by atoms with van der Waals surface area (Å²) in [4.78, 5) is 0.511. The molecule has 126 valence electrons. The fourth-order valence-electron chi connectivity index (χ4n) is 6.38. The van der Waals surface area contributed by atoms with Crippen molar-refractivity contribution >= 4 is 9.84 Å². The Hall–Kier alpha value is -0.830. The molecule has 2 unspecified atom stereocenters. The van der Waals surface area contributed by atoms with Crippen LogP contribution in [0.5, 0.6) is 0 Å². The molecule has 2 atom stereocenters. The zero-order valence-electron chi connectivity index (χ0n) is 14.1. The van der Waals surface area contributed by atoms with Crippen LogP contribution in [0, 0.1) is 29.1 Å². The Morgan fingerprint density at radius 2 is 1.70 bits per heavy atom. The van der Waals surface area contributed by atoms with E-state index in [0.717, 1.165) is 5.92 Å². The minimum atomic E-state index is -3.14. The maximum Gasteiger partial charge on any atom is 0.178 e. The van der Waals surface area contributed by atoms with Gasteiger partial charge in [0, 0.05) is 0 Å². The van der Waals surface area contributed by atoms with Crippen molar-refractivity contribution in [2.24, 2.45) is 29.1 Å². The predicted octanol–water partition coefficient (Wildman–Crippen LogP) is 4.70. The van der Waals surface area contributed by atoms with Crippen LogP contribution in [-0.4, -0.2) is 14.2 Å². The van der Waals surface area contributed by atoms with Gasteiger partial charge in [0.2, 0.25) is 0 Å². The lowest BCUT2D eigenvalue weighted by molar-refractivity contribution is -0.0919. The average Bonchev–Trinajstić information content (AvgIpc) is 2.51. The first-order valence-corrected chi connectivity index (χ1v) is 10.9. The summed E-state index contributed by atoms with van der Waals surface area (Å²) in [6, 6.07) is 9.06. The SMILES string of the molecule is CCCC12CC3CC(C1)C(CS(=O)(=O)c1ccccc1)C(C3)C2. The van der Waals surface area contributed by atoms with Gasteiger partial charge in [0.15, 0.2) is 9.84 Å². The molecule has 0 aliphatic heterocycles. The Balaban J connectivity index is 1.56. The van der Waals surface area contributed by atoms with Gasteiger partial charge in [-0.2, -0.15) is 0 Å². The van der Waals surface area contributed by atoms with E-state index in [0.29, 0.717) is 33.8 Å². The summed E-state index contributed by atoms with van der Waals surface area (Å²) in [6.07, 6.45) is 9.22. The largest absolute Gasteiger partial charge is 0.224 e. The van der Waals surface area contributed by atoms with Crippen molar-refractivity contribution in [3.05, 3.63) is 30.3 Å². The summed E-state index contributed by atoms with van der Waals surface area (Å²) < 4.78 is 25.7. The second kappa shape index (κ2) is 5.61. The third kappa shape index (κ3) is 2.75. The molecule has 0 spiro atoms. The molecule has 4 aliphatic rings. The Labute approximate surface area is 140 Å². The Bertz CT molecular complexity index is 648. The fourth-order valence-corrected chi connectivity index (χ4v) is 8.20. The summed E-state index contributed by atoms with van der Waals surface area (Å²) in [5.74, 6) is 2.98. The van der Waals surface area contributed by atoms with Gasteiger partial charge in [-0.3, -0.25) is 0 Å². The molecule has 23 heavy (non-hydrogen) atoms. The van der Waals surface area contributed by atoms with Crippen LogP contribution >= 0.6 is 0 Å². The third-order valence-corrected chi connectivity index (χ3v) is 8.70. The standard InChI is InChI=1S/C20H28O2S/c1-2-8-20-11-15-9-16(12-20)19(17(10-15)13-20)14-23(21,22)18-6-4-3-5-7-18/h3-7,15-17,19H,2,8-14H2,1H3. The molecule has 4 bridgehead atoms. The molecule has 2 nitrogen and oxygen atoms in total. The van der Waals surface area contributed by atoms with Crippen LogP contribution in [0.15, 0.2) is 35.2 Å². The fraction of sp³-hybridized carbons (Fsp3) is 0.700. The highest BCUT2D eigenvalue weighted by atomic mass is 32.2. The van der Waals surface area contributed by atoms with E-state index in [-0.39, 0.29) is 0 Å². The van der Waals surface area contributed by atoms with Gasteiger partial charge in [0.1, 0.15) is 0 Å². The van der Waals surface area contributed by atoms with Crippen LogP contribution in [0.4, 0.5) is 0 Å². The molecule has 5 rings (SSSR count). The smallest absolute Gasteiger partial charge is 0.178 e. The zero-order chi connectivity index (χ0) is 16.1. The number of hydrogen-bond donors (Lipinski definition) is 0. The predicted molar refractivity (Wildman–Crippen MR) is 92.9 cm³/mol. The van der Waals surface area contributed by atoms with E-state index in [1.54, 1.807) is 12.1 Å². The molecule has 0 heterocycles. The number of rotatable bonds is 5. The van der Waals surface area contributed by atoms with Gasteiger partial charge >= 0.3 is 0 Å². The van der Waals surface area contributed by atoms with Crippen molar-refractivity contribution in [1.29, 1.82) is 0 Å². The number of sulfone groups is 1. The highest BCUT2D eigenvalue weighted by Crippen LogP contribution is 2.63. The summed E-state index contributed by atoms with van der Waals surface area (Å²) in [5.41, 5.74) is 0.568. The lowest BCUT2D eigenvalue weighted by atomic mass is 9.45. The molecule has 0 amide bonds. The molecule has 4 fully saturated rings. The zero-order valence-corrected chi connectivity index (χ0v) is 14.9. The molecule has 1 aromatic rings. The van der Waals surface area contributed by atoms with Gasteiger partial charge in [0.05, 0.1) is 10.6 Å². The summed E-state index contributed by atoms with van der Waals surface area (Å²) in [7, 11) is -3.14. The van der Waals surface area contributed by atoms with Crippen molar-refractivity contribution in [1.82, 2.24) is 0 Å². The van der Waals surface area contributed by atoms with Gasteiger partial charge in [-0.1, -0.05) is 31.5 Å². The molecule has 3 heteroatoms. The van der Waals surface area contributed by atoms with Crippen molar-refractivity contribution in [3.8, 4) is 0 Å². The van der Waals surface area contributed by atoms with Gasteiger partial charge in [-0.05, 0) is 79.7 Å². The molecule has 0 aromatic heterocycles. The van der Waals surface area contributed by atoms with Gasteiger partial charge in [0.25, 0.3) is 0 Å². The number of hydrogen-bond acceptors (Lipinski definition) is 2. The van der Waals surface area contributed by atoms with Crippen LogP contribution in [-0.2, 0) is 9.84 Å². The van der Waals surface area contributed by atoms with Crippen LogP contribution < -0.4 is 0 Å². The Kier molecular flexibility index (Phi) is 3.83. The molecular formula is C20H28O2S. The molecule has 4 aliphatic carbocycles. The van der Waals surface area contributed by atoms with Crippen molar-refractivity contribution in [2.45, 2.75) is 56.8 Å². The normalized spacial score (nSPS) is 38.8. The third-order valence-electron chi connectivity index (χ3n) is 6.89. The summed E-state index contributed by atoms with van der Waals surface area (Å²) in [6.45, 7) is 2.30. The van der Waals surface area contributed by atoms with Crippen LogP contribution in [0.3, 0.4) is 0 Å². The quantitative estimate of drug-likeness (QED) is 0.783. The number of benzene rings is 1. The summed E-state index contributed by atoms with van der Waals surface area (Å²) in [5, 5.41) is 0. The van der Waals surface area contributed by atoms with E-state index in [9.17, 15) is 8.42 Å². The maximum atomic E-state index is 12.8. The second-order valence-corrected chi connectivity index (χ2v) is 10.5. The van der Waals surface area contributed by atoms with Crippen molar-refractivity contribution in [2.75, 3.05) is 5.75 Å². The van der Waals surface area contributed by atoms with E-state index >= 15 is 0 Å². The molecule has 0 N–H and O–H groups in total. The van der Waals surface area contributed by atoms with Gasteiger partial charge in [-0.15, -0.1) is 0 Å². The van der Waals surface area contributed by atoms with E-state index in [4.69, 9.17) is 0 Å². The molecule has 1 aromatic carbocycles. The first kappa shape index (κ1) is 15.7. The van der Waals surface area contributed by atoms with E-state index in [1.807, 2.05) is 18.2 Å². The van der Waals surface area contributed by atoms with Crippen LogP contribution in [0.25, 0.3) is 0 Å². The lowest BCUT2D eigenvalue weighted by Gasteiger charge is -2.60. The van der Waals surface area contributed by atoms with Crippen LogP contribution in [0.2, 0.25) is 0 Å². The Morgan fingerprint density at radius 1 is 1.04 bits per heavy atom. The average molecular weight is 333 g/mol. The topological polar surface area (TPSA) is 34.1 Å². The lowest BCUT2D eigenvalue weighted by Crippen LogP contribution is -2.52. The monoisotopic (exact) mass is 332 g/mol. The minimum Gasteiger partial charge on any atom is -0.224 e. The molecule has 0 saturated heterocycles. The van der Waals surface area contributed by atoms with E-state index < -0.39 is 9.84 Å². The minimum absolute atomic E-state index is 0.376. The Morgan fingerprint density at radius 3 is 2.30 bits per heavy atom. The van der Waals surface area contributed by atoms with Gasteiger partial charge in [-0.25, -0.2) is 8.42 Å². The summed E-state index contributed by atoms with van der Waals surface area (Å²) >= 11 is 0. The maximum absolute atomic E-state index is 12.8. The van der Waals surface area contributed by atoms with Crippen LogP contribution in [0.1, 0.15) is 51.9 Å². The van der Waals surface area contributed by atoms with Crippen molar-refractivity contribution in [3.63, 3.8) is 0 Å². The molecule has 0 radical (unpaired) electrons. The highest BCUT2D eigenvalue weighted by Gasteiger charge is 2.55. The van der Waals surface area contributed by atoms with Crippen molar-refractivity contribution < 1.29 is 8.42 Å². The highest BCUT2D eigenvalue weighted by molar-refractivity contribution is 7.91. The van der Waals surface area contributed by atoms with Gasteiger partial charge < -0.3 is 0 Å². The van der Waals surface area contributed by atoms with E-state index in [1.165, 1.54) is 44.9 Å². The first-order valence-electron chi connectivity index (χ1n) is 9.29. The molecule has 4 saturated carbocycles. The second-order valence-electron chi connectivity index (χ2n) is 8.48. The first-order chi connectivity index (χ1) is 11.0. The van der Waals surface area contributed by atoms with E-state index in [2.05, 4.69) is 6.92 Å². The molecular weight excluding hydrogens is 304 g/mol.